The molecule has 168 valence electrons. The minimum Gasteiger partial charge on any atom is -0.368 e. The van der Waals surface area contributed by atoms with Crippen molar-refractivity contribution in [2.24, 2.45) is 0 Å². The Balaban J connectivity index is 1.83. The van der Waals surface area contributed by atoms with E-state index in [-0.39, 0.29) is 17.5 Å². The number of benzene rings is 1. The largest absolute Gasteiger partial charge is 0.416 e. The minimum absolute atomic E-state index is 0.00232. The highest BCUT2D eigenvalue weighted by Gasteiger charge is 2.34. The molecule has 3 rings (SSSR count). The van der Waals surface area contributed by atoms with Crippen molar-refractivity contribution < 1.29 is 13.2 Å². The summed E-state index contributed by atoms with van der Waals surface area (Å²) in [4.78, 5) is 12.9. The number of rotatable bonds is 9. The first-order valence-corrected chi connectivity index (χ1v) is 10.4. The standard InChI is InChI=1S/C21H28F3N7/c1-3-8-30(9-4-2)16-12-31(13-16)19-17(11-25)18(28-20(26)29-19)27-15-7-5-6-14(10-15)21(22,23)24/h5-7,10-11,16,25H,3-4,8-9,12-13H2,1-2H3,(H3,26,27,28,29). The molecule has 1 fully saturated rings. The van der Waals surface area contributed by atoms with Gasteiger partial charge in [-0.05, 0) is 44.1 Å². The molecule has 0 unspecified atom stereocenters. The van der Waals surface area contributed by atoms with E-state index in [0.717, 1.165) is 57.4 Å². The maximum Gasteiger partial charge on any atom is 0.416 e. The van der Waals surface area contributed by atoms with E-state index in [4.69, 9.17) is 11.1 Å². The zero-order chi connectivity index (χ0) is 22.6. The van der Waals surface area contributed by atoms with Crippen LogP contribution in [0.4, 0.5) is 36.4 Å². The quantitative estimate of drug-likeness (QED) is 0.513. The summed E-state index contributed by atoms with van der Waals surface area (Å²) in [6.45, 7) is 7.86. The van der Waals surface area contributed by atoms with E-state index in [1.54, 1.807) is 0 Å². The van der Waals surface area contributed by atoms with Gasteiger partial charge < -0.3 is 21.4 Å². The second-order valence-electron chi connectivity index (χ2n) is 7.61. The molecule has 1 aliphatic heterocycles. The number of hydrogen-bond donors (Lipinski definition) is 3. The summed E-state index contributed by atoms with van der Waals surface area (Å²) in [7, 11) is 0. The second kappa shape index (κ2) is 9.51. The molecule has 2 heterocycles. The molecule has 0 amide bonds. The van der Waals surface area contributed by atoms with Crippen LogP contribution in [0.3, 0.4) is 0 Å². The van der Waals surface area contributed by atoms with Gasteiger partial charge in [0.2, 0.25) is 5.95 Å². The first-order valence-electron chi connectivity index (χ1n) is 10.4. The lowest BCUT2D eigenvalue weighted by Crippen LogP contribution is -2.60. The third-order valence-electron chi connectivity index (χ3n) is 5.24. The van der Waals surface area contributed by atoms with Gasteiger partial charge in [0, 0.05) is 31.0 Å². The summed E-state index contributed by atoms with van der Waals surface area (Å²) in [5.74, 6) is 0.720. The van der Waals surface area contributed by atoms with Crippen molar-refractivity contribution in [3.8, 4) is 0 Å². The van der Waals surface area contributed by atoms with Gasteiger partial charge >= 0.3 is 6.18 Å². The van der Waals surface area contributed by atoms with Crippen LogP contribution in [0.2, 0.25) is 0 Å². The second-order valence-corrected chi connectivity index (χ2v) is 7.61. The Morgan fingerprint density at radius 1 is 1.23 bits per heavy atom. The number of nitrogens with zero attached hydrogens (tertiary/aromatic N) is 4. The van der Waals surface area contributed by atoms with Gasteiger partial charge in [0.1, 0.15) is 11.6 Å². The van der Waals surface area contributed by atoms with E-state index in [0.29, 0.717) is 17.4 Å². The maximum atomic E-state index is 13.0. The molecule has 0 bridgehead atoms. The fraction of sp³-hybridized carbons (Fsp3) is 0.476. The van der Waals surface area contributed by atoms with Gasteiger partial charge in [-0.1, -0.05) is 19.9 Å². The summed E-state index contributed by atoms with van der Waals surface area (Å²) in [5.41, 5.74) is 5.72. The van der Waals surface area contributed by atoms with Crippen molar-refractivity contribution in [1.82, 2.24) is 14.9 Å². The molecule has 0 saturated carbocycles. The fourth-order valence-corrected chi connectivity index (χ4v) is 3.76. The number of halogens is 3. The average Bonchev–Trinajstić information content (AvgIpc) is 2.66. The highest BCUT2D eigenvalue weighted by Crippen LogP contribution is 2.33. The SMILES string of the molecule is CCCN(CCC)C1CN(c2nc(N)nc(Nc3cccc(C(F)(F)F)c3)c2C=N)C1. The van der Waals surface area contributed by atoms with Gasteiger partial charge in [-0.2, -0.15) is 23.1 Å². The van der Waals surface area contributed by atoms with E-state index < -0.39 is 11.7 Å². The van der Waals surface area contributed by atoms with E-state index in [2.05, 4.69) is 34.0 Å². The normalized spacial score (nSPS) is 14.6. The lowest BCUT2D eigenvalue weighted by atomic mass is 10.1. The molecule has 1 aromatic carbocycles. The molecule has 10 heteroatoms. The Labute approximate surface area is 180 Å². The van der Waals surface area contributed by atoms with Gasteiger partial charge in [-0.3, -0.25) is 4.90 Å². The lowest BCUT2D eigenvalue weighted by Gasteiger charge is -2.46. The van der Waals surface area contributed by atoms with Gasteiger partial charge in [-0.15, -0.1) is 0 Å². The molecule has 0 aliphatic carbocycles. The first kappa shape index (κ1) is 22.8. The van der Waals surface area contributed by atoms with E-state index >= 15 is 0 Å². The molecular formula is C21H28F3N7. The van der Waals surface area contributed by atoms with Crippen LogP contribution in [0.15, 0.2) is 24.3 Å². The number of alkyl halides is 3. The van der Waals surface area contributed by atoms with Crippen molar-refractivity contribution >= 4 is 29.5 Å². The molecule has 7 nitrogen and oxygen atoms in total. The highest BCUT2D eigenvalue weighted by molar-refractivity contribution is 5.93. The molecule has 0 spiro atoms. The van der Waals surface area contributed by atoms with E-state index in [9.17, 15) is 13.2 Å². The number of hydrogen-bond acceptors (Lipinski definition) is 7. The third-order valence-corrected chi connectivity index (χ3v) is 5.24. The van der Waals surface area contributed by atoms with E-state index in [1.807, 2.05) is 4.90 Å². The predicted molar refractivity (Wildman–Crippen MR) is 117 cm³/mol. The molecule has 0 radical (unpaired) electrons. The molecule has 31 heavy (non-hydrogen) atoms. The molecule has 4 N–H and O–H groups in total. The molecular weight excluding hydrogens is 407 g/mol. The summed E-state index contributed by atoms with van der Waals surface area (Å²) in [5, 5.41) is 10.7. The van der Waals surface area contributed by atoms with Gasteiger partial charge in [0.25, 0.3) is 0 Å². The van der Waals surface area contributed by atoms with Crippen LogP contribution < -0.4 is 16.0 Å². The van der Waals surface area contributed by atoms with Crippen molar-refractivity contribution in [3.63, 3.8) is 0 Å². The van der Waals surface area contributed by atoms with Crippen molar-refractivity contribution in [2.45, 2.75) is 38.9 Å². The lowest BCUT2D eigenvalue weighted by molar-refractivity contribution is -0.137. The third kappa shape index (κ3) is 5.25. The molecule has 1 aromatic heterocycles. The Hall–Kier alpha value is -2.88. The van der Waals surface area contributed by atoms with Crippen molar-refractivity contribution in [2.75, 3.05) is 42.1 Å². The average molecular weight is 435 g/mol. The fourth-order valence-electron chi connectivity index (χ4n) is 3.76. The number of aromatic nitrogens is 2. The van der Waals surface area contributed by atoms with Crippen molar-refractivity contribution in [1.29, 1.82) is 5.41 Å². The van der Waals surface area contributed by atoms with Crippen LogP contribution in [0.1, 0.15) is 37.8 Å². The van der Waals surface area contributed by atoms with Crippen LogP contribution in [0, 0.1) is 5.41 Å². The van der Waals surface area contributed by atoms with Crippen LogP contribution in [-0.4, -0.2) is 53.3 Å². The molecule has 2 aromatic rings. The van der Waals surface area contributed by atoms with Crippen LogP contribution in [-0.2, 0) is 6.18 Å². The minimum atomic E-state index is -4.45. The Bertz CT molecular complexity index is 904. The van der Waals surface area contributed by atoms with Crippen molar-refractivity contribution in [3.05, 3.63) is 35.4 Å². The molecule has 0 atom stereocenters. The Morgan fingerprint density at radius 2 is 1.90 bits per heavy atom. The highest BCUT2D eigenvalue weighted by atomic mass is 19.4. The maximum absolute atomic E-state index is 13.0. The Kier molecular flexibility index (Phi) is 6.99. The van der Waals surface area contributed by atoms with E-state index in [1.165, 1.54) is 12.1 Å². The predicted octanol–water partition coefficient (Wildman–Crippen LogP) is 4.13. The van der Waals surface area contributed by atoms with Crippen LogP contribution in [0.25, 0.3) is 0 Å². The number of nitrogen functional groups attached to an aromatic ring is 1. The van der Waals surface area contributed by atoms with Crippen LogP contribution >= 0.6 is 0 Å². The topological polar surface area (TPSA) is 94.2 Å². The van der Waals surface area contributed by atoms with Crippen LogP contribution in [0.5, 0.6) is 0 Å². The zero-order valence-corrected chi connectivity index (χ0v) is 17.7. The molecule has 1 saturated heterocycles. The van der Waals surface area contributed by atoms with Gasteiger partial charge in [0.15, 0.2) is 0 Å². The smallest absolute Gasteiger partial charge is 0.368 e. The Morgan fingerprint density at radius 3 is 2.48 bits per heavy atom. The van der Waals surface area contributed by atoms with Gasteiger partial charge in [-0.25, -0.2) is 0 Å². The monoisotopic (exact) mass is 435 g/mol. The summed E-state index contributed by atoms with van der Waals surface area (Å²) >= 11 is 0. The number of anilines is 4. The molecule has 1 aliphatic rings. The summed E-state index contributed by atoms with van der Waals surface area (Å²) in [6, 6.07) is 5.22. The number of nitrogens with two attached hydrogens (primary N) is 1. The first-order chi connectivity index (χ1) is 14.8. The summed E-state index contributed by atoms with van der Waals surface area (Å²) in [6.07, 6.45) is -1.19. The number of nitrogens with one attached hydrogen (secondary N) is 2. The van der Waals surface area contributed by atoms with Gasteiger partial charge in [0.05, 0.1) is 11.1 Å². The summed E-state index contributed by atoms with van der Waals surface area (Å²) < 4.78 is 39.1. The zero-order valence-electron chi connectivity index (χ0n) is 17.7.